The number of carbonyl (C=O) groups is 3. The number of hydrogen-bond donors (Lipinski definition) is 3. The number of nitrogens with one attached hydrogen (secondary N) is 3. The molecule has 3 aliphatic rings. The minimum Gasteiger partial charge on any atom is -0.497 e. The molecule has 5 rings (SSSR count). The van der Waals surface area contributed by atoms with Gasteiger partial charge < -0.3 is 25.3 Å². The molecule has 9 nitrogen and oxygen atoms in total. The number of halogens is 1. The number of nitrogens with zero attached hydrogens (tertiary/aromatic N) is 2. The van der Waals surface area contributed by atoms with Crippen LogP contribution in [0.1, 0.15) is 68.3 Å². The highest BCUT2D eigenvalue weighted by Crippen LogP contribution is 2.47. The molecule has 3 heterocycles. The molecule has 2 aromatic rings. The molecule has 0 radical (unpaired) electrons. The Morgan fingerprint density at radius 2 is 2.05 bits per heavy atom. The maximum atomic E-state index is 13.9. The van der Waals surface area contributed by atoms with Gasteiger partial charge in [-0.25, -0.2) is 0 Å². The Labute approximate surface area is 227 Å². The average molecular weight is 540 g/mol. The number of hydrogen-bond acceptors (Lipinski definition) is 5. The van der Waals surface area contributed by atoms with Crippen LogP contribution in [0.2, 0.25) is 5.02 Å². The molecule has 2 saturated heterocycles. The maximum Gasteiger partial charge on any atom is 0.271 e. The third kappa shape index (κ3) is 5.19. The molecular formula is C28H34ClN5O4. The van der Waals surface area contributed by atoms with Crippen LogP contribution in [0.3, 0.4) is 0 Å². The SMILES string of the molecule is COc1cc(Cl)c2[nH]c(C(=O)N3CC4(CCCCC4)CC3C(=O)NC(C#N)C[C@@H]3CCCNC3=O)cc2c1. The molecular weight excluding hydrogens is 506 g/mol. The number of carbonyl (C=O) groups excluding carboxylic acids is 3. The summed E-state index contributed by atoms with van der Waals surface area (Å²) in [6.45, 7) is 1.14. The van der Waals surface area contributed by atoms with Gasteiger partial charge in [0.1, 0.15) is 23.5 Å². The molecule has 3 amide bonds. The molecule has 2 unspecified atom stereocenters. The normalized spacial score (nSPS) is 23.6. The van der Waals surface area contributed by atoms with E-state index in [1.54, 1.807) is 24.1 Å². The second kappa shape index (κ2) is 10.9. The Hall–Kier alpha value is -3.25. The molecule has 3 N–H and O–H groups in total. The zero-order valence-corrected chi connectivity index (χ0v) is 22.4. The number of H-pyrrole nitrogens is 1. The van der Waals surface area contributed by atoms with E-state index in [0.29, 0.717) is 47.9 Å². The fourth-order valence-electron chi connectivity index (χ4n) is 6.49. The van der Waals surface area contributed by atoms with Gasteiger partial charge in [0.05, 0.1) is 23.7 Å². The molecule has 1 aromatic carbocycles. The molecule has 202 valence electrons. The van der Waals surface area contributed by atoms with E-state index in [2.05, 4.69) is 21.7 Å². The Morgan fingerprint density at radius 3 is 2.76 bits per heavy atom. The van der Waals surface area contributed by atoms with Gasteiger partial charge in [-0.15, -0.1) is 0 Å². The second-order valence-corrected chi connectivity index (χ2v) is 11.4. The van der Waals surface area contributed by atoms with Crippen molar-refractivity contribution in [1.29, 1.82) is 5.26 Å². The first-order valence-electron chi connectivity index (χ1n) is 13.5. The summed E-state index contributed by atoms with van der Waals surface area (Å²) >= 11 is 6.42. The van der Waals surface area contributed by atoms with Crippen molar-refractivity contribution in [3.05, 3.63) is 28.9 Å². The molecule has 3 atom stereocenters. The van der Waals surface area contributed by atoms with Gasteiger partial charge in [0.15, 0.2) is 0 Å². The highest BCUT2D eigenvalue weighted by molar-refractivity contribution is 6.35. The number of nitriles is 1. The van der Waals surface area contributed by atoms with E-state index in [9.17, 15) is 19.6 Å². The van der Waals surface area contributed by atoms with Crippen molar-refractivity contribution in [3.8, 4) is 11.8 Å². The number of amides is 3. The highest BCUT2D eigenvalue weighted by atomic mass is 35.5. The fourth-order valence-corrected chi connectivity index (χ4v) is 6.75. The third-order valence-electron chi connectivity index (χ3n) is 8.50. The summed E-state index contributed by atoms with van der Waals surface area (Å²) in [5, 5.41) is 16.7. The van der Waals surface area contributed by atoms with Gasteiger partial charge >= 0.3 is 0 Å². The van der Waals surface area contributed by atoms with Gasteiger partial charge in [-0.3, -0.25) is 14.4 Å². The first-order valence-corrected chi connectivity index (χ1v) is 13.9. The number of aromatic nitrogens is 1. The topological polar surface area (TPSA) is 127 Å². The van der Waals surface area contributed by atoms with Crippen LogP contribution in [-0.2, 0) is 9.59 Å². The van der Waals surface area contributed by atoms with E-state index in [1.165, 1.54) is 0 Å². The number of methoxy groups -OCH3 is 1. The number of rotatable bonds is 6. The Bertz CT molecular complexity index is 1280. The summed E-state index contributed by atoms with van der Waals surface area (Å²) in [4.78, 5) is 44.5. The van der Waals surface area contributed by atoms with Gasteiger partial charge in [-0.1, -0.05) is 30.9 Å². The lowest BCUT2D eigenvalue weighted by Crippen LogP contribution is -2.49. The van der Waals surface area contributed by atoms with Crippen molar-refractivity contribution in [2.75, 3.05) is 20.2 Å². The summed E-state index contributed by atoms with van der Waals surface area (Å²) in [5.41, 5.74) is 0.893. The van der Waals surface area contributed by atoms with Crippen molar-refractivity contribution in [1.82, 2.24) is 20.5 Å². The van der Waals surface area contributed by atoms with Gasteiger partial charge in [-0.2, -0.15) is 5.26 Å². The van der Waals surface area contributed by atoms with Crippen molar-refractivity contribution in [2.45, 2.75) is 69.9 Å². The standard InChI is InChI=1S/C28H34ClN5O4/c1-38-20-11-18-12-22(33-24(18)21(29)13-20)27(37)34-16-28(7-3-2-4-8-28)14-23(34)26(36)32-19(15-30)10-17-6-5-9-31-25(17)35/h11-13,17,19,23,33H,2-10,14,16H2,1H3,(H,31,35)(H,32,36)/t17-,19?,23?/m0/s1. The lowest BCUT2D eigenvalue weighted by atomic mass is 9.72. The predicted octanol–water partition coefficient (Wildman–Crippen LogP) is 3.92. The van der Waals surface area contributed by atoms with Crippen LogP contribution < -0.4 is 15.4 Å². The Kier molecular flexibility index (Phi) is 7.53. The molecule has 1 aromatic heterocycles. The lowest BCUT2D eigenvalue weighted by Gasteiger charge is -2.32. The van der Waals surface area contributed by atoms with Gasteiger partial charge in [0, 0.05) is 30.5 Å². The summed E-state index contributed by atoms with van der Waals surface area (Å²) < 4.78 is 5.31. The zero-order valence-electron chi connectivity index (χ0n) is 21.6. The predicted molar refractivity (Wildman–Crippen MR) is 143 cm³/mol. The molecule has 1 saturated carbocycles. The summed E-state index contributed by atoms with van der Waals surface area (Å²) in [6, 6.07) is 5.91. The average Bonchev–Trinajstić information content (AvgIpc) is 3.52. The molecule has 1 spiro atoms. The number of ether oxygens (including phenoxy) is 1. The van der Waals surface area contributed by atoms with Crippen LogP contribution in [0.4, 0.5) is 0 Å². The number of aromatic amines is 1. The summed E-state index contributed by atoms with van der Waals surface area (Å²) in [7, 11) is 1.56. The van der Waals surface area contributed by atoms with Crippen molar-refractivity contribution in [2.24, 2.45) is 11.3 Å². The van der Waals surface area contributed by atoms with Crippen molar-refractivity contribution >= 4 is 40.2 Å². The van der Waals surface area contributed by atoms with Gasteiger partial charge in [0.2, 0.25) is 11.8 Å². The second-order valence-electron chi connectivity index (χ2n) is 11.0. The van der Waals surface area contributed by atoms with Crippen LogP contribution >= 0.6 is 11.6 Å². The molecule has 38 heavy (non-hydrogen) atoms. The summed E-state index contributed by atoms with van der Waals surface area (Å²) in [6.07, 6.45) is 7.66. The van der Waals surface area contributed by atoms with Crippen LogP contribution in [0.5, 0.6) is 5.75 Å². The van der Waals surface area contributed by atoms with E-state index in [0.717, 1.165) is 43.9 Å². The molecule has 1 aliphatic carbocycles. The van der Waals surface area contributed by atoms with E-state index in [4.69, 9.17) is 16.3 Å². The van der Waals surface area contributed by atoms with Gasteiger partial charge in [0.25, 0.3) is 5.91 Å². The smallest absolute Gasteiger partial charge is 0.271 e. The minimum absolute atomic E-state index is 0.0707. The summed E-state index contributed by atoms with van der Waals surface area (Å²) in [5.74, 6) is -0.376. The largest absolute Gasteiger partial charge is 0.497 e. The number of likely N-dealkylation sites (tertiary alicyclic amines) is 1. The molecule has 2 aliphatic heterocycles. The molecule has 10 heteroatoms. The first-order chi connectivity index (χ1) is 18.3. The number of benzene rings is 1. The van der Waals surface area contributed by atoms with Crippen LogP contribution in [0.25, 0.3) is 10.9 Å². The van der Waals surface area contributed by atoms with Crippen molar-refractivity contribution < 1.29 is 19.1 Å². The number of fused-ring (bicyclic) bond motifs is 1. The Morgan fingerprint density at radius 1 is 1.26 bits per heavy atom. The maximum absolute atomic E-state index is 13.9. The van der Waals surface area contributed by atoms with E-state index < -0.39 is 12.1 Å². The quantitative estimate of drug-likeness (QED) is 0.512. The minimum atomic E-state index is -0.796. The monoisotopic (exact) mass is 539 g/mol. The number of piperidine rings is 1. The van der Waals surface area contributed by atoms with E-state index >= 15 is 0 Å². The van der Waals surface area contributed by atoms with Gasteiger partial charge in [-0.05, 0) is 56.1 Å². The van der Waals surface area contributed by atoms with E-state index in [1.807, 2.05) is 6.07 Å². The van der Waals surface area contributed by atoms with Crippen LogP contribution in [0, 0.1) is 22.7 Å². The Balaban J connectivity index is 1.38. The van der Waals surface area contributed by atoms with E-state index in [-0.39, 0.29) is 35.5 Å². The van der Waals surface area contributed by atoms with Crippen molar-refractivity contribution in [3.63, 3.8) is 0 Å². The molecule has 3 fully saturated rings. The first kappa shape index (κ1) is 26.4. The third-order valence-corrected chi connectivity index (χ3v) is 8.80. The zero-order chi connectivity index (χ0) is 26.9. The highest BCUT2D eigenvalue weighted by Gasteiger charge is 2.49. The fraction of sp³-hybridized carbons (Fsp3) is 0.571. The molecule has 0 bridgehead atoms. The van der Waals surface area contributed by atoms with Crippen LogP contribution in [-0.4, -0.2) is 59.9 Å². The van der Waals surface area contributed by atoms with Crippen LogP contribution in [0.15, 0.2) is 18.2 Å². The lowest BCUT2D eigenvalue weighted by molar-refractivity contribution is -0.128.